The van der Waals surface area contributed by atoms with Crippen molar-refractivity contribution < 1.29 is 4.79 Å². The lowest BCUT2D eigenvalue weighted by Gasteiger charge is -2.26. The van der Waals surface area contributed by atoms with E-state index < -0.39 is 0 Å². The Morgan fingerprint density at radius 3 is 2.95 bits per heavy atom. The minimum absolute atomic E-state index is 0.149. The Bertz CT molecular complexity index is 450. The van der Waals surface area contributed by atoms with Crippen molar-refractivity contribution in [2.75, 3.05) is 37.7 Å². The maximum absolute atomic E-state index is 12.0. The van der Waals surface area contributed by atoms with Crippen molar-refractivity contribution in [3.63, 3.8) is 0 Å². The first-order chi connectivity index (χ1) is 9.16. The molecule has 0 atom stereocenters. The van der Waals surface area contributed by atoms with Crippen LogP contribution in [0.25, 0.3) is 0 Å². The fourth-order valence-electron chi connectivity index (χ4n) is 1.94. The number of thioether (sulfide) groups is 1. The second-order valence-electron chi connectivity index (χ2n) is 4.52. The number of halogens is 1. The molecule has 0 aliphatic carbocycles. The van der Waals surface area contributed by atoms with Gasteiger partial charge in [0, 0.05) is 49.6 Å². The first-order valence-corrected chi connectivity index (χ1v) is 7.90. The van der Waals surface area contributed by atoms with Gasteiger partial charge in [0.1, 0.15) is 0 Å². The van der Waals surface area contributed by atoms with E-state index in [9.17, 15) is 4.79 Å². The van der Waals surface area contributed by atoms with E-state index in [1.807, 2.05) is 18.7 Å². The summed E-state index contributed by atoms with van der Waals surface area (Å²) in [5, 5.41) is 3.35. The first kappa shape index (κ1) is 14.6. The number of carbonyl (C=O) groups excluding carboxylic acids is 1. The Balaban J connectivity index is 1.80. The van der Waals surface area contributed by atoms with Crippen LogP contribution in [0.3, 0.4) is 0 Å². The van der Waals surface area contributed by atoms with Crippen molar-refractivity contribution in [3.8, 4) is 0 Å². The largest absolute Gasteiger partial charge is 0.351 e. The molecule has 4 nitrogen and oxygen atoms in total. The maximum Gasteiger partial charge on any atom is 0.254 e. The number of hydrogen-bond donors (Lipinski definition) is 1. The van der Waals surface area contributed by atoms with Crippen LogP contribution in [0.15, 0.2) is 12.3 Å². The Morgan fingerprint density at radius 2 is 2.26 bits per heavy atom. The van der Waals surface area contributed by atoms with Crippen molar-refractivity contribution in [1.82, 2.24) is 15.2 Å². The highest BCUT2D eigenvalue weighted by molar-refractivity contribution is 7.99. The van der Waals surface area contributed by atoms with Crippen LogP contribution in [0, 0.1) is 6.92 Å². The van der Waals surface area contributed by atoms with Gasteiger partial charge >= 0.3 is 0 Å². The van der Waals surface area contributed by atoms with Gasteiger partial charge in [-0.15, -0.1) is 0 Å². The van der Waals surface area contributed by atoms with E-state index in [1.165, 1.54) is 17.7 Å². The van der Waals surface area contributed by atoms with Crippen molar-refractivity contribution in [2.24, 2.45) is 0 Å². The lowest BCUT2D eigenvalue weighted by atomic mass is 10.2. The number of hydrogen-bond acceptors (Lipinski definition) is 4. The molecule has 1 aromatic heterocycles. The third-order valence-electron chi connectivity index (χ3n) is 3.05. The fraction of sp³-hybridized carbons (Fsp3) is 0.538. The average molecular weight is 300 g/mol. The molecule has 6 heteroatoms. The molecule has 0 radical (unpaired) electrons. The molecule has 0 bridgehead atoms. The number of carbonyl (C=O) groups is 1. The highest BCUT2D eigenvalue weighted by atomic mass is 35.5. The third kappa shape index (κ3) is 4.37. The summed E-state index contributed by atoms with van der Waals surface area (Å²) >= 11 is 8.02. The molecule has 1 aromatic rings. The second-order valence-corrected chi connectivity index (χ2v) is 6.15. The summed E-state index contributed by atoms with van der Waals surface area (Å²) in [7, 11) is 0. The van der Waals surface area contributed by atoms with Crippen LogP contribution < -0.4 is 5.32 Å². The van der Waals surface area contributed by atoms with Gasteiger partial charge in [0.05, 0.1) is 10.6 Å². The van der Waals surface area contributed by atoms with Gasteiger partial charge in [0.2, 0.25) is 0 Å². The van der Waals surface area contributed by atoms with Crippen LogP contribution in [0.1, 0.15) is 16.1 Å². The smallest absolute Gasteiger partial charge is 0.254 e. The number of aryl methyl sites for hydroxylation is 1. The minimum atomic E-state index is -0.149. The highest BCUT2D eigenvalue weighted by Gasteiger charge is 2.13. The zero-order valence-electron chi connectivity index (χ0n) is 11.0. The molecule has 1 aliphatic heterocycles. The van der Waals surface area contributed by atoms with Gasteiger partial charge < -0.3 is 5.32 Å². The normalized spacial score (nSPS) is 16.3. The van der Waals surface area contributed by atoms with Crippen molar-refractivity contribution in [1.29, 1.82) is 0 Å². The lowest BCUT2D eigenvalue weighted by Crippen LogP contribution is -2.39. The Labute approximate surface area is 122 Å². The number of nitrogens with zero attached hydrogens (tertiary/aromatic N) is 2. The molecule has 104 valence electrons. The summed E-state index contributed by atoms with van der Waals surface area (Å²) in [4.78, 5) is 18.4. The van der Waals surface area contributed by atoms with E-state index in [4.69, 9.17) is 11.6 Å². The SMILES string of the molecule is Cc1cc(Cl)c(C(=O)NCCN2CCSCC2)cn1. The Hall–Kier alpha value is -0.780. The molecule has 0 saturated carbocycles. The molecule has 1 saturated heterocycles. The van der Waals surface area contributed by atoms with Gasteiger partial charge in [0.15, 0.2) is 0 Å². The molecule has 0 aromatic carbocycles. The van der Waals surface area contributed by atoms with E-state index >= 15 is 0 Å². The van der Waals surface area contributed by atoms with Crippen LogP contribution in [0.4, 0.5) is 0 Å². The zero-order chi connectivity index (χ0) is 13.7. The molecule has 1 aliphatic rings. The predicted octanol–water partition coefficient (Wildman–Crippen LogP) is 1.82. The number of rotatable bonds is 4. The molecule has 19 heavy (non-hydrogen) atoms. The minimum Gasteiger partial charge on any atom is -0.351 e. The third-order valence-corrected chi connectivity index (χ3v) is 4.31. The quantitative estimate of drug-likeness (QED) is 0.921. The van der Waals surface area contributed by atoms with E-state index in [1.54, 1.807) is 6.07 Å². The van der Waals surface area contributed by atoms with Crippen molar-refractivity contribution in [3.05, 3.63) is 28.5 Å². The van der Waals surface area contributed by atoms with Gasteiger partial charge in [-0.05, 0) is 13.0 Å². The molecule has 2 rings (SSSR count). The Morgan fingerprint density at radius 1 is 1.53 bits per heavy atom. The van der Waals surface area contributed by atoms with Gasteiger partial charge in [-0.25, -0.2) is 0 Å². The molecule has 1 amide bonds. The molecular formula is C13H18ClN3OS. The standard InChI is InChI=1S/C13H18ClN3OS/c1-10-8-12(14)11(9-16-10)13(18)15-2-3-17-4-6-19-7-5-17/h8-9H,2-7H2,1H3,(H,15,18). The zero-order valence-corrected chi connectivity index (χ0v) is 12.6. The lowest BCUT2D eigenvalue weighted by molar-refractivity contribution is 0.0948. The monoisotopic (exact) mass is 299 g/mol. The van der Waals surface area contributed by atoms with E-state index in [2.05, 4.69) is 15.2 Å². The topological polar surface area (TPSA) is 45.2 Å². The molecule has 0 spiro atoms. The van der Waals surface area contributed by atoms with E-state index in [0.29, 0.717) is 17.1 Å². The number of amides is 1. The summed E-state index contributed by atoms with van der Waals surface area (Å²) in [6.07, 6.45) is 1.53. The van der Waals surface area contributed by atoms with Crippen molar-refractivity contribution >= 4 is 29.3 Å². The van der Waals surface area contributed by atoms with Crippen molar-refractivity contribution in [2.45, 2.75) is 6.92 Å². The van der Waals surface area contributed by atoms with Gasteiger partial charge in [0.25, 0.3) is 5.91 Å². The average Bonchev–Trinajstić information content (AvgIpc) is 2.39. The number of aromatic nitrogens is 1. The highest BCUT2D eigenvalue weighted by Crippen LogP contribution is 2.15. The summed E-state index contributed by atoms with van der Waals surface area (Å²) in [5.41, 5.74) is 1.26. The molecule has 1 fully saturated rings. The maximum atomic E-state index is 12.0. The fourth-order valence-corrected chi connectivity index (χ4v) is 3.21. The van der Waals surface area contributed by atoms with Gasteiger partial charge in [-0.1, -0.05) is 11.6 Å². The summed E-state index contributed by atoms with van der Waals surface area (Å²) in [6.45, 7) is 5.60. The first-order valence-electron chi connectivity index (χ1n) is 6.37. The molecular weight excluding hydrogens is 282 g/mol. The number of nitrogens with one attached hydrogen (secondary N) is 1. The molecule has 0 unspecified atom stereocenters. The van der Waals surface area contributed by atoms with Gasteiger partial charge in [-0.3, -0.25) is 14.7 Å². The molecule has 1 N–H and O–H groups in total. The van der Waals surface area contributed by atoms with Crippen LogP contribution in [-0.2, 0) is 0 Å². The van der Waals surface area contributed by atoms with Crippen LogP contribution in [-0.4, -0.2) is 53.5 Å². The van der Waals surface area contributed by atoms with Crippen LogP contribution in [0.5, 0.6) is 0 Å². The van der Waals surface area contributed by atoms with E-state index in [0.717, 1.165) is 25.3 Å². The Kier molecular flexibility index (Phi) is 5.48. The second kappa shape index (κ2) is 7.12. The summed E-state index contributed by atoms with van der Waals surface area (Å²) in [5.74, 6) is 2.22. The predicted molar refractivity (Wildman–Crippen MR) is 80.1 cm³/mol. The summed E-state index contributed by atoms with van der Waals surface area (Å²) < 4.78 is 0. The van der Waals surface area contributed by atoms with Crippen LogP contribution >= 0.6 is 23.4 Å². The van der Waals surface area contributed by atoms with Gasteiger partial charge in [-0.2, -0.15) is 11.8 Å². The summed E-state index contributed by atoms with van der Waals surface area (Å²) in [6, 6.07) is 1.71. The molecule has 2 heterocycles. The van der Waals surface area contributed by atoms with Crippen LogP contribution in [0.2, 0.25) is 5.02 Å². The van der Waals surface area contributed by atoms with E-state index in [-0.39, 0.29) is 5.91 Å². The number of pyridine rings is 1.